The first-order valence-corrected chi connectivity index (χ1v) is 6.88. The van der Waals surface area contributed by atoms with E-state index in [1.807, 2.05) is 30.5 Å². The van der Waals surface area contributed by atoms with Crippen LogP contribution in [-0.4, -0.2) is 9.91 Å². The molecule has 7 heteroatoms. The summed E-state index contributed by atoms with van der Waals surface area (Å²) in [5.41, 5.74) is -0.00882. The zero-order valence-corrected chi connectivity index (χ0v) is 11.6. The maximum atomic E-state index is 11.1. The second-order valence-electron chi connectivity index (χ2n) is 4.08. The van der Waals surface area contributed by atoms with Crippen LogP contribution in [0, 0.1) is 21.4 Å². The molecule has 0 aliphatic rings. The van der Waals surface area contributed by atoms with Crippen molar-refractivity contribution >= 4 is 22.8 Å². The van der Waals surface area contributed by atoms with Crippen LogP contribution in [0.25, 0.3) is 0 Å². The molecular weight excluding hydrogens is 276 g/mol. The van der Waals surface area contributed by atoms with Crippen molar-refractivity contribution in [2.24, 2.45) is 0 Å². The molecule has 0 radical (unpaired) electrons. The highest BCUT2D eigenvalue weighted by molar-refractivity contribution is 7.10. The predicted molar refractivity (Wildman–Crippen MR) is 76.6 cm³/mol. The Kier molecular flexibility index (Phi) is 4.27. The highest BCUT2D eigenvalue weighted by atomic mass is 32.1. The fraction of sp³-hybridized carbons (Fsp3) is 0.231. The monoisotopic (exact) mass is 288 g/mol. The largest absolute Gasteiger partial charge is 0.357 e. The molecule has 6 nitrogen and oxygen atoms in total. The smallest absolute Gasteiger partial charge is 0.312 e. The zero-order valence-electron chi connectivity index (χ0n) is 10.7. The molecule has 2 rings (SSSR count). The predicted octanol–water partition coefficient (Wildman–Crippen LogP) is 3.49. The lowest BCUT2D eigenvalue weighted by molar-refractivity contribution is -0.384. The van der Waals surface area contributed by atoms with E-state index in [-0.39, 0.29) is 23.1 Å². The third-order valence-corrected chi connectivity index (χ3v) is 3.79. The van der Waals surface area contributed by atoms with Crippen molar-refractivity contribution in [2.45, 2.75) is 19.4 Å². The van der Waals surface area contributed by atoms with E-state index >= 15 is 0 Å². The Morgan fingerprint density at radius 1 is 1.65 bits per heavy atom. The Hall–Kier alpha value is -2.46. The molecule has 0 spiro atoms. The van der Waals surface area contributed by atoms with Gasteiger partial charge in [-0.3, -0.25) is 10.1 Å². The number of hydrogen-bond acceptors (Lipinski definition) is 6. The van der Waals surface area contributed by atoms with Crippen LogP contribution >= 0.6 is 11.3 Å². The van der Waals surface area contributed by atoms with Gasteiger partial charge in [-0.1, -0.05) is 13.0 Å². The molecule has 1 atom stereocenters. The van der Waals surface area contributed by atoms with Crippen LogP contribution in [0.3, 0.4) is 0 Å². The van der Waals surface area contributed by atoms with E-state index in [1.165, 1.54) is 12.3 Å². The average molecular weight is 288 g/mol. The summed E-state index contributed by atoms with van der Waals surface area (Å²) in [6.45, 7) is 1.99. The minimum absolute atomic E-state index is 0.0332. The van der Waals surface area contributed by atoms with E-state index in [2.05, 4.69) is 10.3 Å². The number of anilines is 1. The first-order chi connectivity index (χ1) is 9.65. The molecule has 0 aliphatic heterocycles. The van der Waals surface area contributed by atoms with Gasteiger partial charge < -0.3 is 5.32 Å². The molecular formula is C13H12N4O2S. The summed E-state index contributed by atoms with van der Waals surface area (Å²) in [4.78, 5) is 15.6. The number of thiophene rings is 1. The summed E-state index contributed by atoms with van der Waals surface area (Å²) in [5.74, 6) is 0.189. The van der Waals surface area contributed by atoms with Gasteiger partial charge in [0.1, 0.15) is 6.07 Å². The molecule has 0 aromatic carbocycles. The number of nitrogens with zero attached hydrogens (tertiary/aromatic N) is 3. The van der Waals surface area contributed by atoms with Gasteiger partial charge in [0.25, 0.3) is 0 Å². The van der Waals surface area contributed by atoms with Crippen molar-refractivity contribution in [3.05, 3.63) is 50.3 Å². The molecule has 102 valence electrons. The minimum Gasteiger partial charge on any atom is -0.357 e. The Labute approximate surface area is 119 Å². The molecule has 1 N–H and O–H groups in total. The molecule has 0 amide bonds. The lowest BCUT2D eigenvalue weighted by atomic mass is 10.2. The van der Waals surface area contributed by atoms with Gasteiger partial charge >= 0.3 is 5.69 Å². The van der Waals surface area contributed by atoms with Crippen LogP contribution in [0.2, 0.25) is 0 Å². The molecule has 0 saturated carbocycles. The van der Waals surface area contributed by atoms with Gasteiger partial charge in [0, 0.05) is 17.1 Å². The summed E-state index contributed by atoms with van der Waals surface area (Å²) < 4.78 is 0. The van der Waals surface area contributed by atoms with Gasteiger partial charge in [-0.2, -0.15) is 5.26 Å². The van der Waals surface area contributed by atoms with E-state index in [4.69, 9.17) is 5.26 Å². The molecule has 2 aromatic rings. The number of pyridine rings is 1. The maximum absolute atomic E-state index is 11.1. The van der Waals surface area contributed by atoms with Gasteiger partial charge in [0.2, 0.25) is 5.82 Å². The van der Waals surface area contributed by atoms with Crippen LogP contribution < -0.4 is 5.32 Å². The molecule has 2 heterocycles. The van der Waals surface area contributed by atoms with Crippen LogP contribution in [0.4, 0.5) is 11.5 Å². The standard InChI is InChI=1S/C13H12N4O2S/c1-2-10(12-4-3-5-20-12)16-13-11(17(18)19)6-9(7-14)8-15-13/h3-6,8,10H,2H2,1H3,(H,15,16). The summed E-state index contributed by atoms with van der Waals surface area (Å²) >= 11 is 1.58. The van der Waals surface area contributed by atoms with Gasteiger partial charge in [0.15, 0.2) is 0 Å². The maximum Gasteiger partial charge on any atom is 0.312 e. The van der Waals surface area contributed by atoms with E-state index in [0.29, 0.717) is 0 Å². The van der Waals surface area contributed by atoms with Crippen LogP contribution in [0.1, 0.15) is 29.8 Å². The van der Waals surface area contributed by atoms with E-state index in [9.17, 15) is 10.1 Å². The van der Waals surface area contributed by atoms with Crippen molar-refractivity contribution in [3.63, 3.8) is 0 Å². The number of nitro groups is 1. The zero-order chi connectivity index (χ0) is 14.5. The SMILES string of the molecule is CCC(Nc1ncc(C#N)cc1[N+](=O)[O-])c1cccs1. The van der Waals surface area contributed by atoms with Gasteiger partial charge in [0.05, 0.1) is 16.5 Å². The van der Waals surface area contributed by atoms with Gasteiger partial charge in [-0.05, 0) is 17.9 Å². The van der Waals surface area contributed by atoms with E-state index in [0.717, 1.165) is 11.3 Å². The molecule has 0 fully saturated rings. The Balaban J connectivity index is 2.33. The topological polar surface area (TPSA) is 91.8 Å². The molecule has 1 unspecified atom stereocenters. The molecule has 0 bridgehead atoms. The number of rotatable bonds is 5. The Bertz CT molecular complexity index is 649. The summed E-state index contributed by atoms with van der Waals surface area (Å²) in [7, 11) is 0. The highest BCUT2D eigenvalue weighted by Gasteiger charge is 2.20. The molecule has 0 aliphatic carbocycles. The van der Waals surface area contributed by atoms with Crippen molar-refractivity contribution in [3.8, 4) is 6.07 Å². The lowest BCUT2D eigenvalue weighted by Gasteiger charge is -2.15. The van der Waals surface area contributed by atoms with Crippen LogP contribution in [0.5, 0.6) is 0 Å². The number of nitriles is 1. The van der Waals surface area contributed by atoms with Crippen molar-refractivity contribution in [1.29, 1.82) is 5.26 Å². The molecule has 2 aromatic heterocycles. The normalized spacial score (nSPS) is 11.6. The Morgan fingerprint density at radius 3 is 3.00 bits per heavy atom. The highest BCUT2D eigenvalue weighted by Crippen LogP contribution is 2.30. The Morgan fingerprint density at radius 2 is 2.45 bits per heavy atom. The second-order valence-corrected chi connectivity index (χ2v) is 5.06. The van der Waals surface area contributed by atoms with Crippen molar-refractivity contribution in [1.82, 2.24) is 4.98 Å². The van der Waals surface area contributed by atoms with Crippen molar-refractivity contribution in [2.75, 3.05) is 5.32 Å². The molecule has 20 heavy (non-hydrogen) atoms. The third kappa shape index (κ3) is 2.92. The van der Waals surface area contributed by atoms with Crippen LogP contribution in [0.15, 0.2) is 29.8 Å². The van der Waals surface area contributed by atoms with E-state index in [1.54, 1.807) is 11.3 Å². The van der Waals surface area contributed by atoms with Crippen LogP contribution in [-0.2, 0) is 0 Å². The van der Waals surface area contributed by atoms with E-state index < -0.39 is 4.92 Å². The quantitative estimate of drug-likeness (QED) is 0.671. The average Bonchev–Trinajstić information content (AvgIpc) is 2.98. The number of hydrogen-bond donors (Lipinski definition) is 1. The summed E-state index contributed by atoms with van der Waals surface area (Å²) in [5, 5.41) is 24.9. The summed E-state index contributed by atoms with van der Waals surface area (Å²) in [6, 6.07) is 6.96. The second kappa shape index (κ2) is 6.12. The number of nitrogens with one attached hydrogen (secondary N) is 1. The number of aromatic nitrogens is 1. The summed E-state index contributed by atoms with van der Waals surface area (Å²) in [6.07, 6.45) is 2.11. The molecule has 0 saturated heterocycles. The van der Waals surface area contributed by atoms with Gasteiger partial charge in [-0.25, -0.2) is 4.98 Å². The first-order valence-electron chi connectivity index (χ1n) is 6.00. The fourth-order valence-corrected chi connectivity index (χ4v) is 2.65. The fourth-order valence-electron chi connectivity index (χ4n) is 1.79. The lowest BCUT2D eigenvalue weighted by Crippen LogP contribution is -2.11. The first kappa shape index (κ1) is 14.0. The van der Waals surface area contributed by atoms with Gasteiger partial charge in [-0.15, -0.1) is 11.3 Å². The minimum atomic E-state index is -0.530. The van der Waals surface area contributed by atoms with Crippen molar-refractivity contribution < 1.29 is 4.92 Å². The third-order valence-electron chi connectivity index (χ3n) is 2.80.